The van der Waals surface area contributed by atoms with Crippen LogP contribution in [0.1, 0.15) is 143 Å². The van der Waals surface area contributed by atoms with Crippen molar-refractivity contribution in [3.8, 4) is 0 Å². The van der Waals surface area contributed by atoms with Crippen molar-refractivity contribution in [3.63, 3.8) is 0 Å². The van der Waals surface area contributed by atoms with Gasteiger partial charge in [-0.15, -0.1) is 13.2 Å². The summed E-state index contributed by atoms with van der Waals surface area (Å²) < 4.78 is 0. The molecule has 174 valence electrons. The van der Waals surface area contributed by atoms with E-state index in [1.165, 1.54) is 133 Å². The first kappa shape index (κ1) is 27.3. The molecule has 1 aliphatic rings. The molecule has 30 heavy (non-hydrogen) atoms. The smallest absolute Gasteiger partial charge is 0.0289 e. The summed E-state index contributed by atoms with van der Waals surface area (Å²) in [5.41, 5.74) is 4.49. The lowest BCUT2D eigenvalue weighted by Gasteiger charge is -2.29. The molecule has 0 saturated heterocycles. The summed E-state index contributed by atoms with van der Waals surface area (Å²) in [6.45, 7) is 14.9. The number of allylic oxidation sites excluding steroid dienone is 4. The lowest BCUT2D eigenvalue weighted by molar-refractivity contribution is 0.252. The quantitative estimate of drug-likeness (QED) is 0.154. The summed E-state index contributed by atoms with van der Waals surface area (Å²) in [5, 5.41) is 0. The van der Waals surface area contributed by atoms with Crippen LogP contribution in [0.4, 0.5) is 0 Å². The van der Waals surface area contributed by atoms with Gasteiger partial charge in [-0.25, -0.2) is 0 Å². The maximum absolute atomic E-state index is 4.03. The number of unbranched alkanes of at least 4 members (excludes halogenated alkanes) is 9. The topological polar surface area (TPSA) is 0 Å². The minimum atomic E-state index is 0.942. The summed E-state index contributed by atoms with van der Waals surface area (Å²) in [6.07, 6.45) is 28.9. The molecule has 2 unspecified atom stereocenters. The summed E-state index contributed by atoms with van der Waals surface area (Å²) >= 11 is 0. The molecule has 0 aromatic rings. The summed E-state index contributed by atoms with van der Waals surface area (Å²) in [6, 6.07) is 0. The maximum Gasteiger partial charge on any atom is -0.0289 e. The van der Waals surface area contributed by atoms with Gasteiger partial charge in [-0.05, 0) is 89.9 Å². The van der Waals surface area contributed by atoms with Crippen LogP contribution in [0.5, 0.6) is 0 Å². The predicted octanol–water partition coefficient (Wildman–Crippen LogP) is 10.7. The molecule has 0 amide bonds. The van der Waals surface area contributed by atoms with E-state index in [9.17, 15) is 0 Å². The summed E-state index contributed by atoms with van der Waals surface area (Å²) in [7, 11) is 0. The molecule has 1 rings (SSSR count). The van der Waals surface area contributed by atoms with Gasteiger partial charge < -0.3 is 0 Å². The Bertz CT molecular complexity index is 480. The zero-order valence-electron chi connectivity index (χ0n) is 21.1. The molecular weight excluding hydrogens is 360 g/mol. The van der Waals surface area contributed by atoms with Crippen molar-refractivity contribution in [2.75, 3.05) is 0 Å². The summed E-state index contributed by atoms with van der Waals surface area (Å²) in [5.74, 6) is 1.90. The third kappa shape index (κ3) is 15.1. The van der Waals surface area contributed by atoms with Crippen molar-refractivity contribution in [2.45, 2.75) is 143 Å². The number of hydrogen-bond acceptors (Lipinski definition) is 0. The zero-order chi connectivity index (χ0) is 22.0. The van der Waals surface area contributed by atoms with Crippen LogP contribution in [0.25, 0.3) is 0 Å². The lowest BCUT2D eigenvalue weighted by Crippen LogP contribution is -2.17. The minimum absolute atomic E-state index is 0.942. The van der Waals surface area contributed by atoms with Crippen LogP contribution < -0.4 is 0 Å². The van der Waals surface area contributed by atoms with E-state index in [0.29, 0.717) is 0 Å². The Kier molecular flexibility index (Phi) is 16.2. The van der Waals surface area contributed by atoms with Gasteiger partial charge in [0.15, 0.2) is 0 Å². The van der Waals surface area contributed by atoms with Crippen molar-refractivity contribution in [3.05, 3.63) is 36.0 Å². The monoisotopic (exact) mass is 414 g/mol. The van der Waals surface area contributed by atoms with E-state index in [1.807, 2.05) is 0 Å². The molecule has 0 bridgehead atoms. The van der Waals surface area contributed by atoms with E-state index < -0.39 is 0 Å². The van der Waals surface area contributed by atoms with E-state index in [4.69, 9.17) is 0 Å². The highest BCUT2D eigenvalue weighted by Crippen LogP contribution is 2.35. The first-order valence-electron chi connectivity index (χ1n) is 13.5. The Morgan fingerprint density at radius 3 is 1.77 bits per heavy atom. The highest BCUT2D eigenvalue weighted by atomic mass is 14.3. The zero-order valence-corrected chi connectivity index (χ0v) is 21.1. The molecule has 2 atom stereocenters. The Morgan fingerprint density at radius 1 is 0.700 bits per heavy atom. The van der Waals surface area contributed by atoms with Gasteiger partial charge in [0.1, 0.15) is 0 Å². The fraction of sp³-hybridized carbons (Fsp3) is 0.800. The Morgan fingerprint density at radius 2 is 1.20 bits per heavy atom. The second-order valence-electron chi connectivity index (χ2n) is 10.6. The minimum Gasteiger partial charge on any atom is -0.100 e. The average molecular weight is 415 g/mol. The highest BCUT2D eigenvalue weighted by molar-refractivity contribution is 5.04. The molecule has 0 nitrogen and oxygen atoms in total. The first-order valence-corrected chi connectivity index (χ1v) is 13.5. The van der Waals surface area contributed by atoms with Crippen molar-refractivity contribution < 1.29 is 0 Å². The van der Waals surface area contributed by atoms with Crippen molar-refractivity contribution in [1.29, 1.82) is 0 Å². The maximum atomic E-state index is 4.03. The summed E-state index contributed by atoms with van der Waals surface area (Å²) in [4.78, 5) is 0. The molecule has 1 saturated carbocycles. The van der Waals surface area contributed by atoms with Crippen LogP contribution in [0.15, 0.2) is 36.0 Å². The van der Waals surface area contributed by atoms with Crippen molar-refractivity contribution >= 4 is 0 Å². The Labute approximate surface area is 190 Å². The average Bonchev–Trinajstić information content (AvgIpc) is 2.70. The van der Waals surface area contributed by atoms with Crippen LogP contribution in [0.2, 0.25) is 0 Å². The van der Waals surface area contributed by atoms with Crippen molar-refractivity contribution in [1.82, 2.24) is 0 Å². The van der Waals surface area contributed by atoms with Crippen LogP contribution in [0.3, 0.4) is 0 Å². The van der Waals surface area contributed by atoms with Gasteiger partial charge in [-0.3, -0.25) is 0 Å². The van der Waals surface area contributed by atoms with E-state index in [-0.39, 0.29) is 0 Å². The largest absolute Gasteiger partial charge is 0.100 e. The van der Waals surface area contributed by atoms with Crippen LogP contribution >= 0.6 is 0 Å². The van der Waals surface area contributed by atoms with Crippen LogP contribution in [0, 0.1) is 11.8 Å². The second-order valence-corrected chi connectivity index (χ2v) is 10.6. The number of hydrogen-bond donors (Lipinski definition) is 0. The molecule has 0 N–H and O–H groups in total. The second kappa shape index (κ2) is 17.9. The molecule has 0 aromatic heterocycles. The standard InChI is InChI=1S/C30H54/c1-26(2)19-13-9-6-7-11-15-22-29(25-30-24-18-17-21-28(30)5)23-16-12-8-10-14-20-27(3)4/h22,28,30H,1,3,6-21,23-25H2,2,4-5H3. The van der Waals surface area contributed by atoms with Gasteiger partial charge in [0.25, 0.3) is 0 Å². The molecular formula is C30H54. The fourth-order valence-corrected chi connectivity index (χ4v) is 5.04. The SMILES string of the molecule is C=C(C)CCCCCCCC=C(CCCCCCCC(=C)C)CC1CCCCC1C. The van der Waals surface area contributed by atoms with Gasteiger partial charge in [-0.2, -0.15) is 0 Å². The molecule has 0 heterocycles. The van der Waals surface area contributed by atoms with E-state index >= 15 is 0 Å². The van der Waals surface area contributed by atoms with Crippen molar-refractivity contribution in [2.24, 2.45) is 11.8 Å². The Hall–Kier alpha value is -0.780. The van der Waals surface area contributed by atoms with Crippen LogP contribution in [-0.2, 0) is 0 Å². The number of rotatable bonds is 18. The Balaban J connectivity index is 2.29. The van der Waals surface area contributed by atoms with Gasteiger partial charge in [0, 0.05) is 0 Å². The molecule has 0 spiro atoms. The van der Waals surface area contributed by atoms with Crippen LogP contribution in [-0.4, -0.2) is 0 Å². The molecule has 0 radical (unpaired) electrons. The van der Waals surface area contributed by atoms with Gasteiger partial charge >= 0.3 is 0 Å². The van der Waals surface area contributed by atoms with Gasteiger partial charge in [0.05, 0.1) is 0 Å². The highest BCUT2D eigenvalue weighted by Gasteiger charge is 2.21. The van der Waals surface area contributed by atoms with Gasteiger partial charge in [0.2, 0.25) is 0 Å². The van der Waals surface area contributed by atoms with Gasteiger partial charge in [-0.1, -0.05) is 87.5 Å². The lowest BCUT2D eigenvalue weighted by atomic mass is 9.76. The van der Waals surface area contributed by atoms with E-state index in [0.717, 1.165) is 11.8 Å². The molecule has 1 aliphatic carbocycles. The molecule has 0 aromatic carbocycles. The molecule has 1 fully saturated rings. The van der Waals surface area contributed by atoms with E-state index in [1.54, 1.807) is 5.57 Å². The first-order chi connectivity index (χ1) is 14.5. The third-order valence-electron chi connectivity index (χ3n) is 7.16. The predicted molar refractivity (Wildman–Crippen MR) is 138 cm³/mol. The fourth-order valence-electron chi connectivity index (χ4n) is 5.04. The third-order valence-corrected chi connectivity index (χ3v) is 7.16. The molecule has 0 aliphatic heterocycles. The normalized spacial score (nSPS) is 19.8. The van der Waals surface area contributed by atoms with E-state index in [2.05, 4.69) is 40.0 Å². The molecule has 0 heteroatoms.